The van der Waals surface area contributed by atoms with Gasteiger partial charge < -0.3 is 30.0 Å². The number of carbonyl (C=O) groups is 4. The number of nitrogens with one attached hydrogen (secondary N) is 2. The van der Waals surface area contributed by atoms with Crippen molar-refractivity contribution in [3.05, 3.63) is 47.5 Å². The van der Waals surface area contributed by atoms with Crippen molar-refractivity contribution in [1.82, 2.24) is 10.6 Å². The summed E-state index contributed by atoms with van der Waals surface area (Å²) >= 11 is 0. The molecule has 3 rings (SSSR count). The largest absolute Gasteiger partial charge is 0.478 e. The van der Waals surface area contributed by atoms with Gasteiger partial charge in [-0.2, -0.15) is 0 Å². The van der Waals surface area contributed by atoms with E-state index in [-0.39, 0.29) is 43.0 Å². The number of rotatable bonds is 10. The highest BCUT2D eigenvalue weighted by molar-refractivity contribution is 6.03. The van der Waals surface area contributed by atoms with E-state index < -0.39 is 29.6 Å². The third-order valence-corrected chi connectivity index (χ3v) is 4.69. The van der Waals surface area contributed by atoms with Crippen LogP contribution in [-0.4, -0.2) is 52.2 Å². The van der Waals surface area contributed by atoms with Crippen LogP contribution in [0.25, 0.3) is 0 Å². The molecule has 0 aromatic carbocycles. The van der Waals surface area contributed by atoms with Gasteiger partial charge in [0.25, 0.3) is 0 Å². The van der Waals surface area contributed by atoms with Gasteiger partial charge in [0.1, 0.15) is 17.5 Å². The van der Waals surface area contributed by atoms with Crippen LogP contribution in [0.3, 0.4) is 0 Å². The first kappa shape index (κ1) is 20.3. The maximum atomic E-state index is 12.1. The molecule has 2 aliphatic heterocycles. The molecule has 2 aliphatic rings. The molecule has 0 saturated carbocycles. The summed E-state index contributed by atoms with van der Waals surface area (Å²) in [4.78, 5) is 46.7. The molecule has 10 heteroatoms. The Morgan fingerprint density at radius 2 is 1.79 bits per heavy atom. The smallest absolute Gasteiger partial charge is 0.335 e. The highest BCUT2D eigenvalue weighted by Gasteiger charge is 2.54. The highest BCUT2D eigenvalue weighted by Crippen LogP contribution is 2.43. The van der Waals surface area contributed by atoms with Crippen LogP contribution in [0.15, 0.2) is 46.1 Å². The fraction of sp³-hybridized carbons (Fsp3) is 0.368. The molecule has 2 amide bonds. The lowest BCUT2D eigenvalue weighted by molar-refractivity contribution is -0.136. The SMILES string of the molecule is O=C(CCCC(=O)NCC12C=CC(O1)C(C(=O)O)=C2C(=O)O)NCc1ccco1. The molecule has 2 atom stereocenters. The molecular formula is C19H20N2O8. The molecule has 0 radical (unpaired) electrons. The van der Waals surface area contributed by atoms with Gasteiger partial charge in [-0.05, 0) is 24.6 Å². The Balaban J connectivity index is 1.45. The zero-order chi connectivity index (χ0) is 21.0. The quantitative estimate of drug-likeness (QED) is 0.407. The third-order valence-electron chi connectivity index (χ3n) is 4.69. The van der Waals surface area contributed by atoms with Crippen molar-refractivity contribution in [3.8, 4) is 0 Å². The standard InChI is InChI=1S/C19H20N2O8/c22-13(20-9-11-3-2-8-28-11)4-1-5-14(23)21-10-19-7-6-12(29-19)15(17(24)25)16(19)18(26)27/h2-3,6-8,12H,1,4-5,9-10H2,(H,20,22)(H,21,23)(H,24,25)(H,26,27). The zero-order valence-corrected chi connectivity index (χ0v) is 15.3. The van der Waals surface area contributed by atoms with Crippen molar-refractivity contribution in [2.24, 2.45) is 0 Å². The van der Waals surface area contributed by atoms with Crippen molar-refractivity contribution in [2.75, 3.05) is 6.54 Å². The van der Waals surface area contributed by atoms with Crippen LogP contribution in [0.5, 0.6) is 0 Å². The van der Waals surface area contributed by atoms with Crippen molar-refractivity contribution >= 4 is 23.8 Å². The zero-order valence-electron chi connectivity index (χ0n) is 15.3. The molecule has 10 nitrogen and oxygen atoms in total. The maximum Gasteiger partial charge on any atom is 0.335 e. The minimum atomic E-state index is -1.50. The second-order valence-electron chi connectivity index (χ2n) is 6.67. The topological polar surface area (TPSA) is 155 Å². The number of amides is 2. The summed E-state index contributed by atoms with van der Waals surface area (Å²) in [6.07, 6.45) is 3.96. The number of hydrogen-bond acceptors (Lipinski definition) is 6. The third kappa shape index (κ3) is 4.37. The Bertz CT molecular complexity index is 886. The second kappa shape index (κ2) is 8.31. The second-order valence-corrected chi connectivity index (χ2v) is 6.67. The molecule has 0 fully saturated rings. The molecular weight excluding hydrogens is 384 g/mol. The molecule has 2 bridgehead atoms. The Morgan fingerprint density at radius 1 is 1.07 bits per heavy atom. The van der Waals surface area contributed by atoms with E-state index in [4.69, 9.17) is 9.15 Å². The fourth-order valence-corrected chi connectivity index (χ4v) is 3.34. The van der Waals surface area contributed by atoms with Crippen LogP contribution in [0.2, 0.25) is 0 Å². The van der Waals surface area contributed by atoms with E-state index in [9.17, 15) is 29.4 Å². The Morgan fingerprint density at radius 3 is 2.41 bits per heavy atom. The van der Waals surface area contributed by atoms with Crippen molar-refractivity contribution in [3.63, 3.8) is 0 Å². The molecule has 0 spiro atoms. The van der Waals surface area contributed by atoms with Crippen LogP contribution in [0, 0.1) is 0 Å². The van der Waals surface area contributed by atoms with Gasteiger partial charge in [0, 0.05) is 12.8 Å². The number of ether oxygens (including phenoxy) is 1. The van der Waals surface area contributed by atoms with Crippen LogP contribution in [0.1, 0.15) is 25.0 Å². The average molecular weight is 404 g/mol. The minimum absolute atomic E-state index is 0.0509. The first-order valence-electron chi connectivity index (χ1n) is 8.96. The summed E-state index contributed by atoms with van der Waals surface area (Å²) < 4.78 is 10.6. The predicted octanol–water partition coefficient (Wildman–Crippen LogP) is 0.356. The molecule has 1 aromatic heterocycles. The number of carboxylic acids is 2. The van der Waals surface area contributed by atoms with E-state index in [2.05, 4.69) is 10.6 Å². The number of carbonyl (C=O) groups excluding carboxylic acids is 2. The summed E-state index contributed by atoms with van der Waals surface area (Å²) in [6, 6.07) is 3.45. The Kier molecular flexibility index (Phi) is 5.83. The monoisotopic (exact) mass is 404 g/mol. The molecule has 3 heterocycles. The number of hydrogen-bond donors (Lipinski definition) is 4. The molecule has 1 aromatic rings. The number of carboxylic acid groups (broad SMARTS) is 2. The molecule has 2 unspecified atom stereocenters. The molecule has 29 heavy (non-hydrogen) atoms. The summed E-state index contributed by atoms with van der Waals surface area (Å²) in [7, 11) is 0. The van der Waals surface area contributed by atoms with Gasteiger partial charge in [-0.1, -0.05) is 6.08 Å². The van der Waals surface area contributed by atoms with Gasteiger partial charge in [-0.15, -0.1) is 0 Å². The van der Waals surface area contributed by atoms with E-state index in [1.165, 1.54) is 18.4 Å². The summed E-state index contributed by atoms with van der Waals surface area (Å²) in [5, 5.41) is 23.9. The first-order chi connectivity index (χ1) is 13.8. The number of aliphatic carboxylic acids is 2. The van der Waals surface area contributed by atoms with Crippen molar-refractivity contribution in [1.29, 1.82) is 0 Å². The molecule has 0 saturated heterocycles. The molecule has 0 aliphatic carbocycles. The van der Waals surface area contributed by atoms with Gasteiger partial charge in [-0.3, -0.25) is 9.59 Å². The summed E-state index contributed by atoms with van der Waals surface area (Å²) in [6.45, 7) is 0.0591. The lowest BCUT2D eigenvalue weighted by Crippen LogP contribution is -2.44. The Labute approximate surface area is 165 Å². The van der Waals surface area contributed by atoms with Crippen LogP contribution in [-0.2, 0) is 30.5 Å². The maximum absolute atomic E-state index is 12.1. The van der Waals surface area contributed by atoms with Gasteiger partial charge >= 0.3 is 11.9 Å². The molecule has 4 N–H and O–H groups in total. The van der Waals surface area contributed by atoms with Gasteiger partial charge in [0.2, 0.25) is 11.8 Å². The Hall–Kier alpha value is -3.40. The van der Waals surface area contributed by atoms with E-state index in [1.54, 1.807) is 12.1 Å². The van der Waals surface area contributed by atoms with Crippen molar-refractivity contribution < 1.29 is 38.5 Å². The highest BCUT2D eigenvalue weighted by atomic mass is 16.5. The van der Waals surface area contributed by atoms with Gasteiger partial charge in [0.15, 0.2) is 0 Å². The van der Waals surface area contributed by atoms with Crippen LogP contribution < -0.4 is 10.6 Å². The lowest BCUT2D eigenvalue weighted by atomic mass is 9.86. The van der Waals surface area contributed by atoms with E-state index in [1.807, 2.05) is 0 Å². The van der Waals surface area contributed by atoms with Crippen molar-refractivity contribution in [2.45, 2.75) is 37.5 Å². The summed E-state index contributed by atoms with van der Waals surface area (Å²) in [5.74, 6) is -2.78. The minimum Gasteiger partial charge on any atom is -0.478 e. The summed E-state index contributed by atoms with van der Waals surface area (Å²) in [5.41, 5.74) is -2.21. The van der Waals surface area contributed by atoms with E-state index >= 15 is 0 Å². The number of furan rings is 1. The van der Waals surface area contributed by atoms with E-state index in [0.717, 1.165) is 0 Å². The fourth-order valence-electron chi connectivity index (χ4n) is 3.34. The van der Waals surface area contributed by atoms with Crippen LogP contribution >= 0.6 is 0 Å². The first-order valence-corrected chi connectivity index (χ1v) is 8.96. The average Bonchev–Trinajstić information content (AvgIpc) is 3.39. The normalized spacial score (nSPS) is 22.0. The number of fused-ring (bicyclic) bond motifs is 2. The van der Waals surface area contributed by atoms with Gasteiger partial charge in [0.05, 0.1) is 30.5 Å². The molecule has 154 valence electrons. The van der Waals surface area contributed by atoms with Crippen LogP contribution in [0.4, 0.5) is 0 Å². The van der Waals surface area contributed by atoms with Gasteiger partial charge in [-0.25, -0.2) is 9.59 Å². The van der Waals surface area contributed by atoms with E-state index in [0.29, 0.717) is 12.2 Å². The predicted molar refractivity (Wildman–Crippen MR) is 96.5 cm³/mol. The lowest BCUT2D eigenvalue weighted by Gasteiger charge is -2.24.